The van der Waals surface area contributed by atoms with Crippen LogP contribution in [-0.4, -0.2) is 44.4 Å². The number of aromatic amines is 1. The molecular weight excluding hydrogens is 296 g/mol. The first-order valence-corrected chi connectivity index (χ1v) is 7.57. The van der Waals surface area contributed by atoms with Gasteiger partial charge in [-0.3, -0.25) is 14.9 Å². The van der Waals surface area contributed by atoms with Crippen molar-refractivity contribution in [1.82, 2.24) is 25.5 Å². The van der Waals surface area contributed by atoms with Gasteiger partial charge in [0.05, 0.1) is 5.71 Å². The number of rotatable bonds is 6. The zero-order valence-electron chi connectivity index (χ0n) is 12.8. The molecule has 0 spiro atoms. The second-order valence-corrected chi connectivity index (χ2v) is 5.20. The molecule has 2 aromatic rings. The molecule has 1 amide bonds. The summed E-state index contributed by atoms with van der Waals surface area (Å²) in [6.07, 6.45) is 4.83. The van der Waals surface area contributed by atoms with E-state index < -0.39 is 6.10 Å². The van der Waals surface area contributed by atoms with Crippen molar-refractivity contribution >= 4 is 11.6 Å². The summed E-state index contributed by atoms with van der Waals surface area (Å²) in [5.41, 5.74) is 1.77. The number of carbonyl (C=O) groups is 1. The fourth-order valence-electron chi connectivity index (χ4n) is 2.23. The van der Waals surface area contributed by atoms with Crippen LogP contribution in [0.1, 0.15) is 25.6 Å². The van der Waals surface area contributed by atoms with Gasteiger partial charge in [0, 0.05) is 37.3 Å². The second-order valence-electron chi connectivity index (χ2n) is 5.20. The Labute approximate surface area is 133 Å². The van der Waals surface area contributed by atoms with Crippen molar-refractivity contribution in [3.05, 3.63) is 30.4 Å². The molecule has 3 rings (SSSR count). The molecule has 2 N–H and O–H groups in total. The maximum Gasteiger partial charge on any atom is 0.264 e. The third-order valence-corrected chi connectivity index (χ3v) is 3.54. The third kappa shape index (κ3) is 3.71. The Morgan fingerprint density at radius 1 is 1.52 bits per heavy atom. The predicted octanol–water partition coefficient (Wildman–Crippen LogP) is 1.08. The normalized spacial score (nSPS) is 16.7. The zero-order valence-corrected chi connectivity index (χ0v) is 12.8. The van der Waals surface area contributed by atoms with E-state index in [1.165, 1.54) is 0 Å². The molecule has 120 valence electrons. The van der Waals surface area contributed by atoms with Crippen molar-refractivity contribution < 1.29 is 9.63 Å². The highest BCUT2D eigenvalue weighted by atomic mass is 16.6. The van der Waals surface area contributed by atoms with Crippen LogP contribution in [0.25, 0.3) is 11.4 Å². The lowest BCUT2D eigenvalue weighted by Gasteiger charge is -2.08. The summed E-state index contributed by atoms with van der Waals surface area (Å²) in [7, 11) is 0. The third-order valence-electron chi connectivity index (χ3n) is 3.54. The molecule has 1 aliphatic heterocycles. The molecule has 0 radical (unpaired) electrons. The topological polar surface area (TPSA) is 105 Å². The standard InChI is InChI=1S/C15H18N6O2/c1-2-11-8-12(23-21-11)15(22)17-7-5-13-18-14(20-19-13)10-4-3-6-16-9-10/h3-4,6,9,12H,2,5,7-8H2,1H3,(H,17,22)(H,18,19,20)/t12-/m1/s1. The van der Waals surface area contributed by atoms with Gasteiger partial charge in [0.1, 0.15) is 5.82 Å². The van der Waals surface area contributed by atoms with Gasteiger partial charge in [-0.25, -0.2) is 4.98 Å². The number of H-pyrrole nitrogens is 1. The first-order valence-electron chi connectivity index (χ1n) is 7.57. The van der Waals surface area contributed by atoms with Crippen molar-refractivity contribution in [2.24, 2.45) is 5.16 Å². The molecule has 0 saturated heterocycles. The molecule has 3 heterocycles. The van der Waals surface area contributed by atoms with Gasteiger partial charge in [0.25, 0.3) is 5.91 Å². The Morgan fingerprint density at radius 3 is 3.17 bits per heavy atom. The summed E-state index contributed by atoms with van der Waals surface area (Å²) in [5.74, 6) is 1.16. The molecule has 0 unspecified atom stereocenters. The highest BCUT2D eigenvalue weighted by molar-refractivity contribution is 5.92. The summed E-state index contributed by atoms with van der Waals surface area (Å²) >= 11 is 0. The van der Waals surface area contributed by atoms with E-state index >= 15 is 0 Å². The molecule has 0 bridgehead atoms. The lowest BCUT2D eigenvalue weighted by molar-refractivity contribution is -0.131. The van der Waals surface area contributed by atoms with E-state index in [0.29, 0.717) is 31.0 Å². The Hall–Kier alpha value is -2.77. The van der Waals surface area contributed by atoms with Gasteiger partial charge in [-0.15, -0.1) is 0 Å². The Balaban J connectivity index is 1.46. The fraction of sp³-hybridized carbons (Fsp3) is 0.400. The van der Waals surface area contributed by atoms with Crippen LogP contribution < -0.4 is 5.32 Å². The Bertz CT molecular complexity index is 697. The molecule has 1 aliphatic rings. The van der Waals surface area contributed by atoms with Crippen LogP contribution in [0.2, 0.25) is 0 Å². The summed E-state index contributed by atoms with van der Waals surface area (Å²) < 4.78 is 0. The molecule has 1 atom stereocenters. The number of amides is 1. The smallest absolute Gasteiger partial charge is 0.264 e. The molecule has 0 aromatic carbocycles. The zero-order chi connectivity index (χ0) is 16.1. The van der Waals surface area contributed by atoms with Gasteiger partial charge in [-0.05, 0) is 18.6 Å². The van der Waals surface area contributed by atoms with Crippen LogP contribution in [0.5, 0.6) is 0 Å². The monoisotopic (exact) mass is 314 g/mol. The largest absolute Gasteiger partial charge is 0.382 e. The van der Waals surface area contributed by atoms with E-state index in [1.54, 1.807) is 12.4 Å². The van der Waals surface area contributed by atoms with Gasteiger partial charge >= 0.3 is 0 Å². The number of oxime groups is 1. The number of aromatic nitrogens is 4. The molecule has 2 aromatic heterocycles. The van der Waals surface area contributed by atoms with Gasteiger partial charge in [0.15, 0.2) is 5.82 Å². The van der Waals surface area contributed by atoms with E-state index in [2.05, 4.69) is 30.6 Å². The first-order chi connectivity index (χ1) is 11.3. The minimum absolute atomic E-state index is 0.149. The van der Waals surface area contributed by atoms with Crippen molar-refractivity contribution in [3.63, 3.8) is 0 Å². The lowest BCUT2D eigenvalue weighted by atomic mass is 10.1. The van der Waals surface area contributed by atoms with E-state index in [0.717, 1.165) is 17.7 Å². The quantitative estimate of drug-likeness (QED) is 0.830. The van der Waals surface area contributed by atoms with Crippen LogP contribution in [0, 0.1) is 0 Å². The van der Waals surface area contributed by atoms with E-state index in [9.17, 15) is 4.79 Å². The van der Waals surface area contributed by atoms with Gasteiger partial charge in [-0.1, -0.05) is 12.1 Å². The van der Waals surface area contributed by atoms with Gasteiger partial charge < -0.3 is 10.2 Å². The highest BCUT2D eigenvalue weighted by Gasteiger charge is 2.26. The SMILES string of the molecule is CCC1=NO[C@@H](C(=O)NCCc2nc(-c3cccnc3)n[nH]2)C1. The van der Waals surface area contributed by atoms with Crippen molar-refractivity contribution in [2.45, 2.75) is 32.3 Å². The van der Waals surface area contributed by atoms with Crippen LogP contribution in [-0.2, 0) is 16.1 Å². The fourth-order valence-corrected chi connectivity index (χ4v) is 2.23. The van der Waals surface area contributed by atoms with Crippen LogP contribution in [0.3, 0.4) is 0 Å². The summed E-state index contributed by atoms with van der Waals surface area (Å²) in [6, 6.07) is 3.73. The highest BCUT2D eigenvalue weighted by Crippen LogP contribution is 2.13. The molecule has 8 nitrogen and oxygen atoms in total. The lowest BCUT2D eigenvalue weighted by Crippen LogP contribution is -2.36. The van der Waals surface area contributed by atoms with E-state index in [4.69, 9.17) is 4.84 Å². The molecule has 23 heavy (non-hydrogen) atoms. The summed E-state index contributed by atoms with van der Waals surface area (Å²) in [5, 5.41) is 13.7. The molecular formula is C15H18N6O2. The van der Waals surface area contributed by atoms with Crippen molar-refractivity contribution in [1.29, 1.82) is 0 Å². The maximum atomic E-state index is 12.0. The van der Waals surface area contributed by atoms with Crippen LogP contribution in [0.15, 0.2) is 29.7 Å². The predicted molar refractivity (Wildman–Crippen MR) is 83.5 cm³/mol. The summed E-state index contributed by atoms with van der Waals surface area (Å²) in [4.78, 5) is 25.5. The van der Waals surface area contributed by atoms with Gasteiger partial charge in [-0.2, -0.15) is 5.10 Å². The molecule has 0 saturated carbocycles. The van der Waals surface area contributed by atoms with Crippen molar-refractivity contribution in [2.75, 3.05) is 6.54 Å². The minimum Gasteiger partial charge on any atom is -0.382 e. The van der Waals surface area contributed by atoms with Crippen LogP contribution >= 0.6 is 0 Å². The van der Waals surface area contributed by atoms with Crippen molar-refractivity contribution in [3.8, 4) is 11.4 Å². The molecule has 8 heteroatoms. The number of nitrogens with zero attached hydrogens (tertiary/aromatic N) is 4. The van der Waals surface area contributed by atoms with E-state index in [-0.39, 0.29) is 5.91 Å². The number of pyridine rings is 1. The average molecular weight is 314 g/mol. The number of hydrogen-bond donors (Lipinski definition) is 2. The Morgan fingerprint density at radius 2 is 2.43 bits per heavy atom. The Kier molecular flexibility index (Phi) is 4.60. The summed E-state index contributed by atoms with van der Waals surface area (Å²) in [6.45, 7) is 2.45. The second kappa shape index (κ2) is 6.99. The number of hydrogen-bond acceptors (Lipinski definition) is 6. The number of carbonyl (C=O) groups excluding carboxylic acids is 1. The first kappa shape index (κ1) is 15.1. The number of nitrogens with one attached hydrogen (secondary N) is 2. The van der Waals surface area contributed by atoms with Crippen LogP contribution in [0.4, 0.5) is 0 Å². The molecule has 0 aliphatic carbocycles. The maximum absolute atomic E-state index is 12.0. The molecule has 0 fully saturated rings. The minimum atomic E-state index is -0.509. The average Bonchev–Trinajstić information content (AvgIpc) is 3.25. The van der Waals surface area contributed by atoms with Gasteiger partial charge in [0.2, 0.25) is 6.10 Å². The van der Waals surface area contributed by atoms with E-state index in [1.807, 2.05) is 19.1 Å².